The van der Waals surface area contributed by atoms with E-state index in [9.17, 15) is 4.79 Å². The molecule has 0 spiro atoms. The summed E-state index contributed by atoms with van der Waals surface area (Å²) in [5.74, 6) is 0.143. The van der Waals surface area contributed by atoms with Gasteiger partial charge in [-0.1, -0.05) is 6.92 Å². The maximum atomic E-state index is 10.9. The largest absolute Gasteiger partial charge is 0.381 e. The molecule has 0 radical (unpaired) electrons. The van der Waals surface area contributed by atoms with Crippen LogP contribution in [-0.2, 0) is 9.53 Å². The second kappa shape index (κ2) is 3.72. The van der Waals surface area contributed by atoms with Gasteiger partial charge in [0.25, 0.3) is 0 Å². The first-order chi connectivity index (χ1) is 5.26. The first-order valence-electron chi connectivity index (χ1n) is 4.08. The van der Waals surface area contributed by atoms with E-state index < -0.39 is 0 Å². The summed E-state index contributed by atoms with van der Waals surface area (Å²) in [4.78, 5) is 10.9. The Morgan fingerprint density at radius 1 is 1.73 bits per heavy atom. The van der Waals surface area contributed by atoms with E-state index in [0.717, 1.165) is 12.8 Å². The Morgan fingerprint density at radius 3 is 2.82 bits per heavy atom. The van der Waals surface area contributed by atoms with Gasteiger partial charge in [-0.25, -0.2) is 0 Å². The Kier molecular flexibility index (Phi) is 2.88. The summed E-state index contributed by atoms with van der Waals surface area (Å²) in [6.07, 6.45) is 2.90. The summed E-state index contributed by atoms with van der Waals surface area (Å²) >= 11 is 0. The van der Waals surface area contributed by atoms with Crippen LogP contribution in [0.2, 0.25) is 0 Å². The lowest BCUT2D eigenvalue weighted by atomic mass is 9.89. The highest BCUT2D eigenvalue weighted by Gasteiger charge is 2.29. The zero-order valence-corrected chi connectivity index (χ0v) is 7.09. The van der Waals surface area contributed by atoms with E-state index >= 15 is 0 Å². The number of amides is 1. The van der Waals surface area contributed by atoms with Gasteiger partial charge in [0.05, 0.1) is 6.10 Å². The first kappa shape index (κ1) is 8.53. The number of methoxy groups -OCH3 is 1. The fraction of sp³-hybridized carbons (Fsp3) is 0.875. The minimum Gasteiger partial charge on any atom is -0.381 e. The van der Waals surface area contributed by atoms with Crippen molar-refractivity contribution in [3.63, 3.8) is 0 Å². The van der Waals surface area contributed by atoms with Gasteiger partial charge in [-0.2, -0.15) is 0 Å². The van der Waals surface area contributed by atoms with Crippen LogP contribution in [-0.4, -0.2) is 25.2 Å². The van der Waals surface area contributed by atoms with Crippen LogP contribution in [0, 0.1) is 0 Å². The first-order valence-corrected chi connectivity index (χ1v) is 4.08. The summed E-state index contributed by atoms with van der Waals surface area (Å²) in [7, 11) is 1.71. The highest BCUT2D eigenvalue weighted by Crippen LogP contribution is 2.22. The SMILES string of the molecule is CCC(=O)NC1CC(OC)C1.[HH]. The smallest absolute Gasteiger partial charge is 0.219 e. The van der Waals surface area contributed by atoms with E-state index in [-0.39, 0.29) is 7.33 Å². The minimum absolute atomic E-state index is 0. The Bertz CT molecular complexity index is 146. The van der Waals surface area contributed by atoms with Crippen LogP contribution in [0.15, 0.2) is 0 Å². The van der Waals surface area contributed by atoms with Crippen molar-refractivity contribution in [2.75, 3.05) is 7.11 Å². The lowest BCUT2D eigenvalue weighted by molar-refractivity contribution is -0.123. The number of ether oxygens (including phenoxy) is 1. The quantitative estimate of drug-likeness (QED) is 0.665. The molecule has 0 bridgehead atoms. The van der Waals surface area contributed by atoms with Crippen LogP contribution in [0.1, 0.15) is 27.6 Å². The third-order valence-corrected chi connectivity index (χ3v) is 2.11. The fourth-order valence-corrected chi connectivity index (χ4v) is 1.21. The van der Waals surface area contributed by atoms with Crippen LogP contribution in [0.25, 0.3) is 0 Å². The molecule has 0 aromatic heterocycles. The molecule has 0 aromatic carbocycles. The summed E-state index contributed by atoms with van der Waals surface area (Å²) < 4.78 is 5.08. The molecule has 66 valence electrons. The van der Waals surface area contributed by atoms with Crippen molar-refractivity contribution in [1.82, 2.24) is 5.32 Å². The summed E-state index contributed by atoms with van der Waals surface area (Å²) in [6.45, 7) is 1.86. The summed E-state index contributed by atoms with van der Waals surface area (Å²) in [6, 6.07) is 0.368. The average molecular weight is 159 g/mol. The fourth-order valence-electron chi connectivity index (χ4n) is 1.21. The van der Waals surface area contributed by atoms with Crippen molar-refractivity contribution < 1.29 is 11.0 Å². The lowest BCUT2D eigenvalue weighted by Gasteiger charge is -2.34. The van der Waals surface area contributed by atoms with Gasteiger partial charge in [0, 0.05) is 21.0 Å². The molecule has 0 unspecified atom stereocenters. The Labute approximate surface area is 68.6 Å². The minimum atomic E-state index is 0. The molecule has 0 aromatic rings. The van der Waals surface area contributed by atoms with Gasteiger partial charge in [0.15, 0.2) is 0 Å². The van der Waals surface area contributed by atoms with E-state index in [1.165, 1.54) is 0 Å². The Morgan fingerprint density at radius 2 is 2.36 bits per heavy atom. The molecule has 11 heavy (non-hydrogen) atoms. The summed E-state index contributed by atoms with van der Waals surface area (Å²) in [5.41, 5.74) is 0. The van der Waals surface area contributed by atoms with Gasteiger partial charge < -0.3 is 10.1 Å². The molecule has 3 nitrogen and oxygen atoms in total. The molecule has 1 rings (SSSR count). The van der Waals surface area contributed by atoms with E-state index in [4.69, 9.17) is 4.74 Å². The number of rotatable bonds is 3. The number of hydrogen-bond donors (Lipinski definition) is 1. The van der Waals surface area contributed by atoms with Gasteiger partial charge in [-0.15, -0.1) is 0 Å². The zero-order chi connectivity index (χ0) is 8.27. The molecule has 1 N–H and O–H groups in total. The second-order valence-corrected chi connectivity index (χ2v) is 2.95. The lowest BCUT2D eigenvalue weighted by Crippen LogP contribution is -2.47. The van der Waals surface area contributed by atoms with Crippen LogP contribution in [0.5, 0.6) is 0 Å². The van der Waals surface area contributed by atoms with E-state index in [2.05, 4.69) is 5.32 Å². The predicted octanol–water partition coefficient (Wildman–Crippen LogP) is 0.936. The van der Waals surface area contributed by atoms with Crippen LogP contribution < -0.4 is 5.32 Å². The van der Waals surface area contributed by atoms with Crippen LogP contribution in [0.3, 0.4) is 0 Å². The number of carbonyl (C=O) groups is 1. The molecule has 1 fully saturated rings. The van der Waals surface area contributed by atoms with Gasteiger partial charge >= 0.3 is 0 Å². The molecule has 0 saturated heterocycles. The molecular weight excluding hydrogens is 142 g/mol. The van der Waals surface area contributed by atoms with Crippen molar-refractivity contribution in [2.45, 2.75) is 38.3 Å². The zero-order valence-electron chi connectivity index (χ0n) is 7.09. The van der Waals surface area contributed by atoms with Crippen LogP contribution >= 0.6 is 0 Å². The number of carbonyl (C=O) groups excluding carboxylic acids is 1. The molecule has 1 saturated carbocycles. The number of hydrogen-bond acceptors (Lipinski definition) is 2. The van der Waals surface area contributed by atoms with Crippen molar-refractivity contribution in [1.29, 1.82) is 0 Å². The molecule has 1 amide bonds. The predicted molar refractivity (Wildman–Crippen MR) is 44.4 cm³/mol. The average Bonchev–Trinajstić information content (AvgIpc) is 1.95. The summed E-state index contributed by atoms with van der Waals surface area (Å²) in [5, 5.41) is 2.91. The molecule has 3 heteroatoms. The topological polar surface area (TPSA) is 38.3 Å². The van der Waals surface area contributed by atoms with Gasteiger partial charge in [0.1, 0.15) is 0 Å². The second-order valence-electron chi connectivity index (χ2n) is 2.95. The molecule has 1 aliphatic rings. The van der Waals surface area contributed by atoms with Gasteiger partial charge in [0.2, 0.25) is 5.91 Å². The highest BCUT2D eigenvalue weighted by molar-refractivity contribution is 5.75. The van der Waals surface area contributed by atoms with E-state index in [1.54, 1.807) is 7.11 Å². The van der Waals surface area contributed by atoms with Crippen molar-refractivity contribution in [2.24, 2.45) is 0 Å². The third-order valence-electron chi connectivity index (χ3n) is 2.11. The molecule has 0 heterocycles. The third kappa shape index (κ3) is 2.19. The number of nitrogens with one attached hydrogen (secondary N) is 1. The van der Waals surface area contributed by atoms with E-state index in [1.807, 2.05) is 6.92 Å². The van der Waals surface area contributed by atoms with Crippen molar-refractivity contribution in [3.05, 3.63) is 0 Å². The molecule has 0 atom stereocenters. The Hall–Kier alpha value is -0.570. The maximum absolute atomic E-state index is 10.9. The standard InChI is InChI=1S/C8H15NO2.H2/c1-3-8(10)9-6-4-7(5-6)11-2;/h6-7H,3-5H2,1-2H3,(H,9,10);1H. The van der Waals surface area contributed by atoms with Crippen molar-refractivity contribution >= 4 is 5.91 Å². The van der Waals surface area contributed by atoms with Gasteiger partial charge in [-0.05, 0) is 12.8 Å². The molecule has 1 aliphatic carbocycles. The maximum Gasteiger partial charge on any atom is 0.219 e. The molecule has 0 aliphatic heterocycles. The van der Waals surface area contributed by atoms with Crippen molar-refractivity contribution in [3.8, 4) is 0 Å². The van der Waals surface area contributed by atoms with Crippen LogP contribution in [0.4, 0.5) is 0 Å². The monoisotopic (exact) mass is 159 g/mol. The molecular formula is C8H17NO2. The normalized spacial score (nSPS) is 29.3. The highest BCUT2D eigenvalue weighted by atomic mass is 16.5. The van der Waals surface area contributed by atoms with E-state index in [0.29, 0.717) is 18.6 Å². The van der Waals surface area contributed by atoms with Gasteiger partial charge in [-0.3, -0.25) is 4.79 Å². The Balaban J connectivity index is 0.00000121.